The Morgan fingerprint density at radius 3 is 2.50 bits per heavy atom. The third-order valence-electron chi connectivity index (χ3n) is 5.07. The number of amides is 1. The summed E-state index contributed by atoms with van der Waals surface area (Å²) < 4.78 is 0. The molecule has 22 heavy (non-hydrogen) atoms. The maximum Gasteiger partial charge on any atom is 0.236 e. The Bertz CT molecular complexity index is 530. The number of rotatable bonds is 5. The number of piperidine rings is 1. The smallest absolute Gasteiger partial charge is 0.236 e. The molecule has 1 aromatic carbocycles. The summed E-state index contributed by atoms with van der Waals surface area (Å²) in [6, 6.07) is 7.30. The van der Waals surface area contributed by atoms with Crippen molar-refractivity contribution < 1.29 is 4.79 Å². The molecule has 0 unspecified atom stereocenters. The van der Waals surface area contributed by atoms with Crippen LogP contribution >= 0.6 is 0 Å². The summed E-state index contributed by atoms with van der Waals surface area (Å²) >= 11 is 0. The van der Waals surface area contributed by atoms with Crippen LogP contribution in [0.1, 0.15) is 48.8 Å². The van der Waals surface area contributed by atoms with Crippen LogP contribution in [0.3, 0.4) is 0 Å². The van der Waals surface area contributed by atoms with Gasteiger partial charge in [-0.25, -0.2) is 0 Å². The molecule has 3 nitrogen and oxygen atoms in total. The van der Waals surface area contributed by atoms with Crippen LogP contribution < -0.4 is 0 Å². The normalized spacial score (nSPS) is 18.8. The minimum absolute atomic E-state index is 0.329. The van der Waals surface area contributed by atoms with E-state index in [-0.39, 0.29) is 0 Å². The number of aryl methyl sites for hydroxylation is 2. The molecule has 1 saturated heterocycles. The zero-order valence-corrected chi connectivity index (χ0v) is 14.0. The van der Waals surface area contributed by atoms with E-state index in [1.807, 2.05) is 0 Å². The Kier molecular flexibility index (Phi) is 4.82. The first-order valence-electron chi connectivity index (χ1n) is 8.71. The summed E-state index contributed by atoms with van der Waals surface area (Å²) in [6.07, 6.45) is 6.12. The standard InChI is InChI=1S/C19H28N2O/c1-15-6-7-17(12-16(15)2)13-21(18-8-9-18)14-19(22)20-10-4-3-5-11-20/h6-7,12,18H,3-5,8-11,13-14H2,1-2H3. The van der Waals surface area contributed by atoms with Gasteiger partial charge in [-0.15, -0.1) is 0 Å². The minimum atomic E-state index is 0.329. The van der Waals surface area contributed by atoms with E-state index in [2.05, 4.69) is 41.8 Å². The first kappa shape index (κ1) is 15.5. The number of hydrogen-bond donors (Lipinski definition) is 0. The topological polar surface area (TPSA) is 23.6 Å². The Hall–Kier alpha value is -1.35. The fraction of sp³-hybridized carbons (Fsp3) is 0.632. The van der Waals surface area contributed by atoms with Gasteiger partial charge in [-0.1, -0.05) is 18.2 Å². The SMILES string of the molecule is Cc1ccc(CN(CC(=O)N2CCCCC2)C2CC2)cc1C. The van der Waals surface area contributed by atoms with Crippen molar-refractivity contribution in [1.82, 2.24) is 9.80 Å². The number of benzene rings is 1. The molecule has 3 heteroatoms. The first-order valence-corrected chi connectivity index (χ1v) is 8.71. The van der Waals surface area contributed by atoms with E-state index < -0.39 is 0 Å². The largest absolute Gasteiger partial charge is 0.342 e. The molecule has 0 atom stereocenters. The molecule has 1 amide bonds. The monoisotopic (exact) mass is 300 g/mol. The van der Waals surface area contributed by atoms with Crippen LogP contribution in [0.5, 0.6) is 0 Å². The predicted molar refractivity (Wildman–Crippen MR) is 89.8 cm³/mol. The fourth-order valence-electron chi connectivity index (χ4n) is 3.31. The third kappa shape index (κ3) is 3.89. The maximum absolute atomic E-state index is 12.5. The Morgan fingerprint density at radius 1 is 1.14 bits per heavy atom. The highest BCUT2D eigenvalue weighted by Crippen LogP contribution is 2.28. The van der Waals surface area contributed by atoms with Crippen molar-refractivity contribution in [3.05, 3.63) is 34.9 Å². The lowest BCUT2D eigenvalue weighted by atomic mass is 10.1. The second-order valence-corrected chi connectivity index (χ2v) is 7.00. The average Bonchev–Trinajstić information content (AvgIpc) is 3.36. The fourth-order valence-corrected chi connectivity index (χ4v) is 3.31. The van der Waals surface area contributed by atoms with Crippen molar-refractivity contribution in [2.45, 2.75) is 58.5 Å². The van der Waals surface area contributed by atoms with Gasteiger partial charge in [0, 0.05) is 25.7 Å². The summed E-state index contributed by atoms with van der Waals surface area (Å²) in [7, 11) is 0. The van der Waals surface area contributed by atoms with Crippen LogP contribution in [-0.2, 0) is 11.3 Å². The molecule has 0 spiro atoms. The van der Waals surface area contributed by atoms with Crippen molar-refractivity contribution in [2.75, 3.05) is 19.6 Å². The van der Waals surface area contributed by atoms with E-state index in [1.54, 1.807) is 0 Å². The van der Waals surface area contributed by atoms with Gasteiger partial charge < -0.3 is 4.90 Å². The number of carbonyl (C=O) groups excluding carboxylic acids is 1. The lowest BCUT2D eigenvalue weighted by molar-refractivity contribution is -0.133. The van der Waals surface area contributed by atoms with Crippen LogP contribution in [-0.4, -0.2) is 41.4 Å². The summed E-state index contributed by atoms with van der Waals surface area (Å²) in [4.78, 5) is 17.0. The predicted octanol–water partition coefficient (Wildman–Crippen LogP) is 3.28. The number of hydrogen-bond acceptors (Lipinski definition) is 2. The molecule has 0 aromatic heterocycles. The van der Waals surface area contributed by atoms with Crippen LogP contribution in [0.4, 0.5) is 0 Å². The number of likely N-dealkylation sites (tertiary alicyclic amines) is 1. The zero-order valence-electron chi connectivity index (χ0n) is 14.0. The van der Waals surface area contributed by atoms with Crippen LogP contribution in [0.25, 0.3) is 0 Å². The van der Waals surface area contributed by atoms with E-state index in [1.165, 1.54) is 48.8 Å². The van der Waals surface area contributed by atoms with Gasteiger partial charge >= 0.3 is 0 Å². The highest BCUT2D eigenvalue weighted by Gasteiger charge is 2.31. The molecule has 2 aliphatic rings. The van der Waals surface area contributed by atoms with Crippen molar-refractivity contribution in [1.29, 1.82) is 0 Å². The maximum atomic E-state index is 12.5. The molecule has 1 aliphatic heterocycles. The van der Waals surface area contributed by atoms with E-state index in [9.17, 15) is 4.79 Å². The van der Waals surface area contributed by atoms with Gasteiger partial charge in [0.2, 0.25) is 5.91 Å². The van der Waals surface area contributed by atoms with E-state index >= 15 is 0 Å². The summed E-state index contributed by atoms with van der Waals surface area (Å²) in [6.45, 7) is 7.74. The van der Waals surface area contributed by atoms with Crippen molar-refractivity contribution in [3.63, 3.8) is 0 Å². The van der Waals surface area contributed by atoms with Gasteiger partial charge in [-0.3, -0.25) is 9.69 Å². The lowest BCUT2D eigenvalue weighted by Gasteiger charge is -2.30. The van der Waals surface area contributed by atoms with E-state index in [4.69, 9.17) is 0 Å². The van der Waals surface area contributed by atoms with E-state index in [0.717, 1.165) is 19.6 Å². The summed E-state index contributed by atoms with van der Waals surface area (Å²) in [5.74, 6) is 0.329. The van der Waals surface area contributed by atoms with Crippen molar-refractivity contribution >= 4 is 5.91 Å². The van der Waals surface area contributed by atoms with Crippen LogP contribution in [0.2, 0.25) is 0 Å². The second-order valence-electron chi connectivity index (χ2n) is 7.00. The van der Waals surface area contributed by atoms with Gasteiger partial charge in [0.15, 0.2) is 0 Å². The summed E-state index contributed by atoms with van der Waals surface area (Å²) in [5, 5.41) is 0. The molecular weight excluding hydrogens is 272 g/mol. The Morgan fingerprint density at radius 2 is 1.86 bits per heavy atom. The first-order chi connectivity index (χ1) is 10.6. The molecule has 120 valence electrons. The number of nitrogens with zero attached hydrogens (tertiary/aromatic N) is 2. The van der Waals surface area contributed by atoms with Gasteiger partial charge in [-0.05, 0) is 62.6 Å². The lowest BCUT2D eigenvalue weighted by Crippen LogP contribution is -2.43. The second kappa shape index (κ2) is 6.82. The molecule has 1 heterocycles. The molecule has 1 aromatic rings. The van der Waals surface area contributed by atoms with Crippen molar-refractivity contribution in [2.24, 2.45) is 0 Å². The van der Waals surface area contributed by atoms with Crippen molar-refractivity contribution in [3.8, 4) is 0 Å². The van der Waals surface area contributed by atoms with Crippen LogP contribution in [0.15, 0.2) is 18.2 Å². The highest BCUT2D eigenvalue weighted by atomic mass is 16.2. The third-order valence-corrected chi connectivity index (χ3v) is 5.07. The minimum Gasteiger partial charge on any atom is -0.342 e. The molecular formula is C19H28N2O. The average molecular weight is 300 g/mol. The van der Waals surface area contributed by atoms with Gasteiger partial charge in [-0.2, -0.15) is 0 Å². The summed E-state index contributed by atoms with van der Waals surface area (Å²) in [5.41, 5.74) is 4.02. The molecule has 0 N–H and O–H groups in total. The molecule has 2 fully saturated rings. The van der Waals surface area contributed by atoms with Gasteiger partial charge in [0.05, 0.1) is 6.54 Å². The Balaban J connectivity index is 1.62. The van der Waals surface area contributed by atoms with Crippen LogP contribution in [0, 0.1) is 13.8 Å². The highest BCUT2D eigenvalue weighted by molar-refractivity contribution is 5.78. The molecule has 1 aliphatic carbocycles. The number of carbonyl (C=O) groups is 1. The Labute approximate surface area is 134 Å². The van der Waals surface area contributed by atoms with Gasteiger partial charge in [0.1, 0.15) is 0 Å². The molecule has 1 saturated carbocycles. The van der Waals surface area contributed by atoms with Gasteiger partial charge in [0.25, 0.3) is 0 Å². The molecule has 3 rings (SSSR count). The zero-order chi connectivity index (χ0) is 15.5. The molecule has 0 radical (unpaired) electrons. The quantitative estimate of drug-likeness (QED) is 0.833. The molecule has 0 bridgehead atoms. The van der Waals surface area contributed by atoms with E-state index in [0.29, 0.717) is 18.5 Å².